The van der Waals surface area contributed by atoms with E-state index in [4.69, 9.17) is 0 Å². The Morgan fingerprint density at radius 2 is 2.00 bits per heavy atom. The van der Waals surface area contributed by atoms with Gasteiger partial charge in [0, 0.05) is 36.4 Å². The van der Waals surface area contributed by atoms with Crippen molar-refractivity contribution in [2.45, 2.75) is 20.4 Å². The second-order valence-electron chi connectivity index (χ2n) is 4.78. The van der Waals surface area contributed by atoms with Crippen molar-refractivity contribution in [2.75, 3.05) is 5.32 Å². The first kappa shape index (κ1) is 17.6. The van der Waals surface area contributed by atoms with Crippen LogP contribution in [-0.2, 0) is 11.3 Å². The van der Waals surface area contributed by atoms with E-state index in [2.05, 4.69) is 5.32 Å². The molecule has 0 saturated carbocycles. The van der Waals surface area contributed by atoms with Gasteiger partial charge in [0.15, 0.2) is 11.9 Å². The standard InChI is InChI=1S/C15H15N3O3.ClH/c1-11-6-7-13(9-14(11)18(20)21)16-15(19)10-17-8-4-3-5-12(17)2;/h3-9H,10H2,1-2H3;1H. The second-order valence-corrected chi connectivity index (χ2v) is 4.78. The lowest BCUT2D eigenvalue weighted by atomic mass is 10.2. The van der Waals surface area contributed by atoms with Gasteiger partial charge in [0.25, 0.3) is 11.6 Å². The number of aryl methyl sites for hydroxylation is 2. The van der Waals surface area contributed by atoms with Crippen LogP contribution in [-0.4, -0.2) is 10.8 Å². The number of carbonyl (C=O) groups is 1. The number of nitrogens with one attached hydrogen (secondary N) is 1. The molecule has 0 aliphatic rings. The van der Waals surface area contributed by atoms with E-state index in [1.54, 1.807) is 23.6 Å². The van der Waals surface area contributed by atoms with Crippen LogP contribution in [0.15, 0.2) is 42.6 Å². The molecule has 0 fully saturated rings. The average Bonchev–Trinajstić information content (AvgIpc) is 2.43. The summed E-state index contributed by atoms with van der Waals surface area (Å²) in [5.74, 6) is -0.229. The quantitative estimate of drug-likeness (QED) is 0.452. The van der Waals surface area contributed by atoms with Crippen LogP contribution in [0.4, 0.5) is 11.4 Å². The van der Waals surface area contributed by atoms with Crippen molar-refractivity contribution in [3.05, 3.63) is 64.0 Å². The summed E-state index contributed by atoms with van der Waals surface area (Å²) in [6.07, 6.45) is 1.81. The summed E-state index contributed by atoms with van der Waals surface area (Å²) in [7, 11) is 0. The minimum Gasteiger partial charge on any atom is -1.00 e. The Kier molecular flexibility index (Phi) is 6.00. The SMILES string of the molecule is Cc1ccc(NC(=O)C[n+]2ccccc2C)cc1[N+](=O)[O-].[Cl-]. The number of rotatable bonds is 4. The van der Waals surface area contributed by atoms with Crippen molar-refractivity contribution in [1.82, 2.24) is 0 Å². The maximum Gasteiger partial charge on any atom is 0.290 e. The molecule has 0 bridgehead atoms. The van der Waals surface area contributed by atoms with E-state index in [1.165, 1.54) is 6.07 Å². The number of pyridine rings is 1. The van der Waals surface area contributed by atoms with Crippen LogP contribution < -0.4 is 22.3 Å². The van der Waals surface area contributed by atoms with Crippen molar-refractivity contribution in [1.29, 1.82) is 0 Å². The molecule has 22 heavy (non-hydrogen) atoms. The predicted molar refractivity (Wildman–Crippen MR) is 77.8 cm³/mol. The molecular formula is C15H16ClN3O3. The van der Waals surface area contributed by atoms with Crippen molar-refractivity contribution in [3.63, 3.8) is 0 Å². The molecule has 7 heteroatoms. The molecule has 0 atom stereocenters. The van der Waals surface area contributed by atoms with E-state index in [1.807, 2.05) is 31.3 Å². The maximum absolute atomic E-state index is 12.0. The summed E-state index contributed by atoms with van der Waals surface area (Å²) in [4.78, 5) is 22.4. The normalized spacial score (nSPS) is 9.73. The number of anilines is 1. The number of nitro benzene ring substituents is 1. The van der Waals surface area contributed by atoms with Gasteiger partial charge in [-0.2, -0.15) is 4.57 Å². The highest BCUT2D eigenvalue weighted by atomic mass is 35.5. The van der Waals surface area contributed by atoms with Crippen molar-refractivity contribution in [2.24, 2.45) is 0 Å². The van der Waals surface area contributed by atoms with Crippen LogP contribution in [0.3, 0.4) is 0 Å². The van der Waals surface area contributed by atoms with Gasteiger partial charge in [0.05, 0.1) is 4.92 Å². The number of nitrogens with zero attached hydrogens (tertiary/aromatic N) is 2. The predicted octanol–water partition coefficient (Wildman–Crippen LogP) is -0.858. The third-order valence-corrected chi connectivity index (χ3v) is 3.17. The van der Waals surface area contributed by atoms with Crippen molar-refractivity contribution >= 4 is 17.3 Å². The van der Waals surface area contributed by atoms with Gasteiger partial charge in [-0.3, -0.25) is 14.9 Å². The van der Waals surface area contributed by atoms with Crippen molar-refractivity contribution in [3.8, 4) is 0 Å². The van der Waals surface area contributed by atoms with E-state index in [9.17, 15) is 14.9 Å². The molecule has 2 rings (SSSR count). The second kappa shape index (κ2) is 7.51. The van der Waals surface area contributed by atoms with Crippen LogP contribution in [0.25, 0.3) is 0 Å². The number of halogens is 1. The Labute approximate surface area is 134 Å². The monoisotopic (exact) mass is 321 g/mol. The molecule has 0 saturated heterocycles. The van der Waals surface area contributed by atoms with Gasteiger partial charge in [-0.05, 0) is 13.0 Å². The molecule has 116 valence electrons. The molecule has 0 spiro atoms. The molecule has 0 radical (unpaired) electrons. The molecule has 0 aliphatic carbocycles. The van der Waals surface area contributed by atoms with E-state index in [-0.39, 0.29) is 30.5 Å². The molecule has 0 unspecified atom stereocenters. The highest BCUT2D eigenvalue weighted by Gasteiger charge is 2.15. The van der Waals surface area contributed by atoms with Gasteiger partial charge < -0.3 is 17.7 Å². The zero-order valence-electron chi connectivity index (χ0n) is 12.2. The lowest BCUT2D eigenvalue weighted by Crippen LogP contribution is -3.00. The maximum atomic E-state index is 12.0. The summed E-state index contributed by atoms with van der Waals surface area (Å²) >= 11 is 0. The lowest BCUT2D eigenvalue weighted by Gasteiger charge is -2.05. The molecule has 1 aromatic heterocycles. The van der Waals surface area contributed by atoms with E-state index < -0.39 is 4.92 Å². The minimum absolute atomic E-state index is 0. The topological polar surface area (TPSA) is 76.1 Å². The Morgan fingerprint density at radius 1 is 1.27 bits per heavy atom. The summed E-state index contributed by atoms with van der Waals surface area (Å²) < 4.78 is 1.80. The number of benzene rings is 1. The number of hydrogen-bond donors (Lipinski definition) is 1. The van der Waals surface area contributed by atoms with Gasteiger partial charge in [0.1, 0.15) is 0 Å². The van der Waals surface area contributed by atoms with E-state index in [0.29, 0.717) is 11.3 Å². The Bertz CT molecular complexity index is 704. The number of carbonyl (C=O) groups excluding carboxylic acids is 1. The number of nitro groups is 1. The molecule has 1 aromatic carbocycles. The lowest BCUT2D eigenvalue weighted by molar-refractivity contribution is -0.690. The highest BCUT2D eigenvalue weighted by molar-refractivity contribution is 5.90. The third-order valence-electron chi connectivity index (χ3n) is 3.17. The summed E-state index contributed by atoms with van der Waals surface area (Å²) in [6, 6.07) is 10.3. The average molecular weight is 322 g/mol. The van der Waals surface area contributed by atoms with Crippen LogP contribution in [0.1, 0.15) is 11.3 Å². The van der Waals surface area contributed by atoms with Gasteiger partial charge in [-0.1, -0.05) is 12.1 Å². The number of amides is 1. The fraction of sp³-hybridized carbons (Fsp3) is 0.200. The first-order valence-electron chi connectivity index (χ1n) is 6.47. The molecule has 1 heterocycles. The van der Waals surface area contributed by atoms with Gasteiger partial charge in [0.2, 0.25) is 6.54 Å². The van der Waals surface area contributed by atoms with Crippen LogP contribution in [0, 0.1) is 24.0 Å². The molecule has 0 aliphatic heterocycles. The van der Waals surface area contributed by atoms with Crippen LogP contribution >= 0.6 is 0 Å². The first-order valence-corrected chi connectivity index (χ1v) is 6.47. The fourth-order valence-electron chi connectivity index (χ4n) is 1.98. The zero-order valence-corrected chi connectivity index (χ0v) is 13.0. The zero-order chi connectivity index (χ0) is 15.4. The third kappa shape index (κ3) is 4.26. The molecular weight excluding hydrogens is 306 g/mol. The fourth-order valence-corrected chi connectivity index (χ4v) is 1.98. The molecule has 6 nitrogen and oxygen atoms in total. The molecule has 1 amide bonds. The smallest absolute Gasteiger partial charge is 0.290 e. The number of aromatic nitrogens is 1. The molecule has 2 aromatic rings. The Hall–Kier alpha value is -2.47. The summed E-state index contributed by atoms with van der Waals surface area (Å²) in [5.41, 5.74) is 1.94. The van der Waals surface area contributed by atoms with Gasteiger partial charge >= 0.3 is 0 Å². The summed E-state index contributed by atoms with van der Waals surface area (Å²) in [5, 5.41) is 13.6. The molecule has 1 N–H and O–H groups in total. The largest absolute Gasteiger partial charge is 1.00 e. The Balaban J connectivity index is 0.00000242. The van der Waals surface area contributed by atoms with Crippen molar-refractivity contribution < 1.29 is 26.7 Å². The number of hydrogen-bond acceptors (Lipinski definition) is 3. The summed E-state index contributed by atoms with van der Waals surface area (Å²) in [6.45, 7) is 3.73. The van der Waals surface area contributed by atoms with E-state index >= 15 is 0 Å². The van der Waals surface area contributed by atoms with Gasteiger partial charge in [-0.15, -0.1) is 0 Å². The Morgan fingerprint density at radius 3 is 2.64 bits per heavy atom. The first-order chi connectivity index (χ1) is 9.97. The minimum atomic E-state index is -0.457. The van der Waals surface area contributed by atoms with Crippen LogP contribution in [0.2, 0.25) is 0 Å². The van der Waals surface area contributed by atoms with E-state index in [0.717, 1.165) is 5.69 Å². The van der Waals surface area contributed by atoms with Crippen LogP contribution in [0.5, 0.6) is 0 Å². The van der Waals surface area contributed by atoms with Gasteiger partial charge in [-0.25, -0.2) is 0 Å². The highest BCUT2D eigenvalue weighted by Crippen LogP contribution is 2.22.